The maximum atomic E-state index is 12.0. The lowest BCUT2D eigenvalue weighted by Gasteiger charge is -2.19. The van der Waals surface area contributed by atoms with Crippen molar-refractivity contribution in [3.63, 3.8) is 0 Å². The van der Waals surface area contributed by atoms with Gasteiger partial charge >= 0.3 is 5.97 Å². The normalized spacial score (nSPS) is 10.7. The summed E-state index contributed by atoms with van der Waals surface area (Å²) in [7, 11) is 3.36. The number of rotatable bonds is 14. The highest BCUT2D eigenvalue weighted by molar-refractivity contribution is 5.87. The zero-order chi connectivity index (χ0) is 22.5. The summed E-state index contributed by atoms with van der Waals surface area (Å²) >= 11 is 0. The van der Waals surface area contributed by atoms with E-state index in [9.17, 15) is 4.79 Å². The molecule has 0 saturated carbocycles. The van der Waals surface area contributed by atoms with E-state index >= 15 is 0 Å². The fraction of sp³-hybridized carbons (Fsp3) is 0.400. The van der Waals surface area contributed by atoms with Crippen molar-refractivity contribution in [2.75, 3.05) is 40.6 Å². The van der Waals surface area contributed by atoms with Crippen molar-refractivity contribution >= 4 is 5.97 Å². The minimum atomic E-state index is -0.578. The molecule has 0 spiro atoms. The lowest BCUT2D eigenvalue weighted by atomic mass is 10.1. The van der Waals surface area contributed by atoms with Crippen LogP contribution in [0.1, 0.15) is 18.1 Å². The molecule has 0 atom stereocenters. The minimum absolute atomic E-state index is 0.169. The number of carbonyl (C=O) groups excluding carboxylic acids is 1. The molecule has 0 aliphatic heterocycles. The number of esters is 1. The highest BCUT2D eigenvalue weighted by Crippen LogP contribution is 2.16. The van der Waals surface area contributed by atoms with Crippen molar-refractivity contribution in [3.8, 4) is 11.5 Å². The van der Waals surface area contributed by atoms with Crippen LogP contribution in [0.4, 0.5) is 0 Å². The summed E-state index contributed by atoms with van der Waals surface area (Å²) < 4.78 is 27.3. The van der Waals surface area contributed by atoms with Gasteiger partial charge in [-0.25, -0.2) is 4.79 Å². The van der Waals surface area contributed by atoms with Crippen LogP contribution in [0.15, 0.2) is 60.7 Å². The zero-order valence-electron chi connectivity index (χ0n) is 18.6. The number of hydrogen-bond acceptors (Lipinski definition) is 6. The summed E-state index contributed by atoms with van der Waals surface area (Å²) in [5, 5.41) is 0. The van der Waals surface area contributed by atoms with E-state index in [4.69, 9.17) is 23.7 Å². The highest BCUT2D eigenvalue weighted by atomic mass is 16.6. The summed E-state index contributed by atoms with van der Waals surface area (Å²) in [5.41, 5.74) is 2.66. The molecule has 0 heterocycles. The molecule has 0 aliphatic rings. The smallest absolute Gasteiger partial charge is 0.333 e. The van der Waals surface area contributed by atoms with Crippen LogP contribution in [0.2, 0.25) is 0 Å². The van der Waals surface area contributed by atoms with Gasteiger partial charge in [0, 0.05) is 19.8 Å². The molecule has 6 nitrogen and oxygen atoms in total. The van der Waals surface area contributed by atoms with Gasteiger partial charge < -0.3 is 23.7 Å². The van der Waals surface area contributed by atoms with Gasteiger partial charge in [-0.2, -0.15) is 0 Å². The third-order valence-corrected chi connectivity index (χ3v) is 4.53. The molecular formula is C25H32O6. The lowest BCUT2D eigenvalue weighted by molar-refractivity contribution is -0.147. The van der Waals surface area contributed by atoms with E-state index in [1.807, 2.05) is 48.5 Å². The van der Waals surface area contributed by atoms with Gasteiger partial charge in [0.15, 0.2) is 6.10 Å². The Balaban J connectivity index is 1.92. The third kappa shape index (κ3) is 9.24. The van der Waals surface area contributed by atoms with Crippen molar-refractivity contribution in [1.29, 1.82) is 0 Å². The molecule has 0 fully saturated rings. The average Bonchev–Trinajstić information content (AvgIpc) is 2.79. The van der Waals surface area contributed by atoms with E-state index in [2.05, 4.69) is 6.58 Å². The molecule has 2 aromatic rings. The molecular weight excluding hydrogens is 396 g/mol. The zero-order valence-corrected chi connectivity index (χ0v) is 18.6. The second-order valence-corrected chi connectivity index (χ2v) is 7.20. The van der Waals surface area contributed by atoms with Gasteiger partial charge in [-0.15, -0.1) is 0 Å². The van der Waals surface area contributed by atoms with Gasteiger partial charge in [0.05, 0.1) is 13.2 Å². The van der Waals surface area contributed by atoms with Gasteiger partial charge in [-0.3, -0.25) is 0 Å². The highest BCUT2D eigenvalue weighted by Gasteiger charge is 2.17. The second kappa shape index (κ2) is 13.5. The average molecular weight is 429 g/mol. The summed E-state index contributed by atoms with van der Waals surface area (Å²) in [6.07, 6.45) is 1.10. The molecule has 31 heavy (non-hydrogen) atoms. The predicted molar refractivity (Wildman–Crippen MR) is 120 cm³/mol. The van der Waals surface area contributed by atoms with Gasteiger partial charge in [0.25, 0.3) is 0 Å². The first-order chi connectivity index (χ1) is 15.0. The van der Waals surface area contributed by atoms with E-state index in [0.29, 0.717) is 30.3 Å². The number of methoxy groups -OCH3 is 2. The second-order valence-electron chi connectivity index (χ2n) is 7.20. The van der Waals surface area contributed by atoms with Crippen LogP contribution < -0.4 is 9.47 Å². The maximum absolute atomic E-state index is 12.0. The van der Waals surface area contributed by atoms with Crippen LogP contribution in [-0.2, 0) is 31.8 Å². The monoisotopic (exact) mass is 428 g/mol. The quantitative estimate of drug-likeness (QED) is 0.335. The molecule has 0 aliphatic carbocycles. The van der Waals surface area contributed by atoms with Crippen molar-refractivity contribution in [2.24, 2.45) is 0 Å². The Bertz CT molecular complexity index is 742. The van der Waals surface area contributed by atoms with Gasteiger partial charge in [0.2, 0.25) is 0 Å². The number of carbonyl (C=O) groups is 1. The molecule has 6 heteroatoms. The van der Waals surface area contributed by atoms with Gasteiger partial charge in [-0.05, 0) is 55.2 Å². The molecule has 0 N–H and O–H groups in total. The Hall–Kier alpha value is -2.83. The molecule has 0 bridgehead atoms. The van der Waals surface area contributed by atoms with Crippen molar-refractivity contribution in [1.82, 2.24) is 0 Å². The number of benzene rings is 2. The molecule has 168 valence electrons. The minimum Gasteiger partial charge on any atom is -0.490 e. The maximum Gasteiger partial charge on any atom is 0.333 e. The summed E-state index contributed by atoms with van der Waals surface area (Å²) in [4.78, 5) is 12.0. The largest absolute Gasteiger partial charge is 0.490 e. The molecule has 2 rings (SSSR count). The fourth-order valence-electron chi connectivity index (χ4n) is 2.69. The fourth-order valence-corrected chi connectivity index (χ4v) is 2.69. The van der Waals surface area contributed by atoms with Crippen LogP contribution in [0, 0.1) is 0 Å². The summed E-state index contributed by atoms with van der Waals surface area (Å²) in [5.74, 6) is 0.919. The van der Waals surface area contributed by atoms with Crippen LogP contribution in [0.5, 0.6) is 11.5 Å². The van der Waals surface area contributed by atoms with Crippen LogP contribution in [0.25, 0.3) is 0 Å². The Kier molecular flexibility index (Phi) is 10.6. The van der Waals surface area contributed by atoms with E-state index in [1.165, 1.54) is 0 Å². The molecule has 0 unspecified atom stereocenters. The Morgan fingerprint density at radius 2 is 1.23 bits per heavy atom. The lowest BCUT2D eigenvalue weighted by Crippen LogP contribution is -2.31. The molecule has 0 radical (unpaired) electrons. The first-order valence-corrected chi connectivity index (χ1v) is 10.3. The summed E-state index contributed by atoms with van der Waals surface area (Å²) in [6, 6.07) is 15.5. The van der Waals surface area contributed by atoms with Gasteiger partial charge in [0.1, 0.15) is 24.7 Å². The van der Waals surface area contributed by atoms with E-state index in [-0.39, 0.29) is 13.2 Å². The Morgan fingerprint density at radius 1 is 0.806 bits per heavy atom. The SMILES string of the molecule is C=C(C)C(=O)OC(COc1ccc(CCOC)cc1)COc1ccc(CCOC)cc1. The molecule has 0 saturated heterocycles. The molecule has 0 amide bonds. The van der Waals surface area contributed by atoms with Crippen molar-refractivity contribution in [2.45, 2.75) is 25.9 Å². The number of ether oxygens (including phenoxy) is 5. The Labute approximate surface area is 184 Å². The van der Waals surface area contributed by atoms with Crippen LogP contribution in [0.3, 0.4) is 0 Å². The molecule has 2 aromatic carbocycles. The van der Waals surface area contributed by atoms with Gasteiger partial charge in [-0.1, -0.05) is 30.8 Å². The standard InChI is InChI=1S/C25H32O6/c1-19(2)25(26)31-24(17-29-22-9-5-20(6-10-22)13-15-27-3)18-30-23-11-7-21(8-12-23)14-16-28-4/h5-12,24H,1,13-18H2,2-4H3. The van der Waals surface area contributed by atoms with Crippen LogP contribution >= 0.6 is 0 Å². The van der Waals surface area contributed by atoms with Crippen LogP contribution in [-0.4, -0.2) is 52.7 Å². The van der Waals surface area contributed by atoms with E-state index in [0.717, 1.165) is 24.0 Å². The number of hydrogen-bond donors (Lipinski definition) is 0. The Morgan fingerprint density at radius 3 is 1.58 bits per heavy atom. The first-order valence-electron chi connectivity index (χ1n) is 10.3. The van der Waals surface area contributed by atoms with Crippen molar-refractivity contribution < 1.29 is 28.5 Å². The third-order valence-electron chi connectivity index (χ3n) is 4.53. The summed E-state index contributed by atoms with van der Waals surface area (Å²) in [6.45, 7) is 6.93. The van der Waals surface area contributed by atoms with E-state index < -0.39 is 12.1 Å². The first kappa shape index (κ1) is 24.4. The topological polar surface area (TPSA) is 63.2 Å². The van der Waals surface area contributed by atoms with E-state index in [1.54, 1.807) is 21.1 Å². The predicted octanol–water partition coefficient (Wildman–Crippen LogP) is 4.01. The molecule has 0 aromatic heterocycles. The van der Waals surface area contributed by atoms with Crippen molar-refractivity contribution in [3.05, 3.63) is 71.8 Å².